The predicted octanol–water partition coefficient (Wildman–Crippen LogP) is 4.79. The average molecular weight is 352 g/mol. The van der Waals surface area contributed by atoms with E-state index in [1.165, 1.54) is 12.1 Å². The molecule has 2 nitrogen and oxygen atoms in total. The number of rotatable bonds is 5. The summed E-state index contributed by atoms with van der Waals surface area (Å²) < 4.78 is 20.4. The number of benzene rings is 2. The predicted molar refractivity (Wildman–Crippen MR) is 87.1 cm³/mol. The Bertz CT molecular complexity index is 615. The van der Waals surface area contributed by atoms with Gasteiger partial charge < -0.3 is 10.5 Å². The van der Waals surface area contributed by atoms with Crippen molar-refractivity contribution in [1.82, 2.24) is 0 Å². The molecule has 0 saturated carbocycles. The summed E-state index contributed by atoms with van der Waals surface area (Å²) in [5.74, 6) is 0.825. The fourth-order valence-corrected chi connectivity index (χ4v) is 2.57. The van der Waals surface area contributed by atoms with Crippen LogP contribution in [0.1, 0.15) is 37.0 Å². The van der Waals surface area contributed by atoms with E-state index < -0.39 is 0 Å². The van der Waals surface area contributed by atoms with Gasteiger partial charge in [-0.25, -0.2) is 4.39 Å². The molecule has 0 aliphatic carbocycles. The van der Waals surface area contributed by atoms with Crippen LogP contribution in [0.15, 0.2) is 46.9 Å². The van der Waals surface area contributed by atoms with Gasteiger partial charge in [-0.3, -0.25) is 0 Å². The first kappa shape index (κ1) is 16.0. The van der Waals surface area contributed by atoms with Gasteiger partial charge in [-0.05, 0) is 47.4 Å². The molecule has 0 radical (unpaired) electrons. The summed E-state index contributed by atoms with van der Waals surface area (Å²) >= 11 is 3.47. The summed E-state index contributed by atoms with van der Waals surface area (Å²) in [7, 11) is 0. The Morgan fingerprint density at radius 2 is 1.95 bits per heavy atom. The second-order valence-corrected chi connectivity index (χ2v) is 6.15. The van der Waals surface area contributed by atoms with Crippen LogP contribution in [0.5, 0.6) is 5.75 Å². The summed E-state index contributed by atoms with van der Waals surface area (Å²) in [4.78, 5) is 0. The summed E-state index contributed by atoms with van der Waals surface area (Å²) in [6.07, 6.45) is -0.362. The van der Waals surface area contributed by atoms with E-state index in [4.69, 9.17) is 10.5 Å². The molecular formula is C17H19BrFNO. The van der Waals surface area contributed by atoms with Gasteiger partial charge in [0.25, 0.3) is 0 Å². The smallest absolute Gasteiger partial charge is 0.136 e. The van der Waals surface area contributed by atoms with Gasteiger partial charge in [-0.1, -0.05) is 41.9 Å². The van der Waals surface area contributed by atoms with Crippen LogP contribution in [0.25, 0.3) is 0 Å². The quantitative estimate of drug-likeness (QED) is 0.840. The maximum absolute atomic E-state index is 13.4. The van der Waals surface area contributed by atoms with Crippen molar-refractivity contribution in [2.75, 3.05) is 6.54 Å². The maximum atomic E-state index is 13.4. The molecule has 0 aliphatic rings. The molecular weight excluding hydrogens is 333 g/mol. The molecule has 0 fully saturated rings. The normalized spacial score (nSPS) is 12.5. The zero-order valence-corrected chi connectivity index (χ0v) is 13.7. The van der Waals surface area contributed by atoms with Gasteiger partial charge in [0.05, 0.1) is 0 Å². The summed E-state index contributed by atoms with van der Waals surface area (Å²) in [5, 5.41) is 0. The van der Waals surface area contributed by atoms with Crippen molar-refractivity contribution in [3.63, 3.8) is 0 Å². The Hall–Kier alpha value is -1.39. The lowest BCUT2D eigenvalue weighted by molar-refractivity contribution is 0.211. The lowest BCUT2D eigenvalue weighted by Crippen LogP contribution is -2.19. The third-order valence-electron chi connectivity index (χ3n) is 3.30. The van der Waals surface area contributed by atoms with Crippen molar-refractivity contribution in [3.8, 4) is 5.75 Å². The largest absolute Gasteiger partial charge is 0.484 e. The first-order chi connectivity index (χ1) is 10.0. The van der Waals surface area contributed by atoms with Crippen LogP contribution in [-0.2, 0) is 0 Å². The Morgan fingerprint density at radius 3 is 2.57 bits per heavy atom. The molecule has 2 N–H and O–H groups in total. The van der Waals surface area contributed by atoms with Crippen molar-refractivity contribution in [1.29, 1.82) is 0 Å². The minimum absolute atomic E-state index is 0.283. The topological polar surface area (TPSA) is 35.2 Å². The molecule has 4 heteroatoms. The molecule has 2 aromatic carbocycles. The van der Waals surface area contributed by atoms with Gasteiger partial charge in [0, 0.05) is 11.0 Å². The number of ether oxygens (including phenoxy) is 1. The minimum Gasteiger partial charge on any atom is -0.484 e. The zero-order valence-electron chi connectivity index (χ0n) is 12.1. The number of hydrogen-bond donors (Lipinski definition) is 1. The highest BCUT2D eigenvalue weighted by Gasteiger charge is 2.16. The first-order valence-electron chi connectivity index (χ1n) is 6.93. The molecule has 112 valence electrons. The van der Waals surface area contributed by atoms with Crippen molar-refractivity contribution < 1.29 is 9.13 Å². The Kier molecular flexibility index (Phi) is 5.37. The molecule has 0 saturated heterocycles. The summed E-state index contributed by atoms with van der Waals surface area (Å²) in [6.45, 7) is 4.50. The molecule has 2 rings (SSSR count). The fraction of sp³-hybridized carbons (Fsp3) is 0.294. The van der Waals surface area contributed by atoms with Crippen LogP contribution in [0.2, 0.25) is 0 Å². The van der Waals surface area contributed by atoms with E-state index in [-0.39, 0.29) is 18.5 Å². The highest BCUT2D eigenvalue weighted by Crippen LogP contribution is 2.32. The highest BCUT2D eigenvalue weighted by atomic mass is 79.9. The second-order valence-electron chi connectivity index (χ2n) is 5.23. The van der Waals surface area contributed by atoms with Crippen molar-refractivity contribution in [2.45, 2.75) is 25.9 Å². The number of hydrogen-bond acceptors (Lipinski definition) is 2. The molecule has 0 heterocycles. The zero-order chi connectivity index (χ0) is 15.4. The van der Waals surface area contributed by atoms with Crippen LogP contribution in [0.3, 0.4) is 0 Å². The Balaban J connectivity index is 2.31. The molecule has 0 bridgehead atoms. The third-order valence-corrected chi connectivity index (χ3v) is 3.79. The van der Waals surface area contributed by atoms with Crippen LogP contribution >= 0.6 is 15.9 Å². The third kappa shape index (κ3) is 4.05. The van der Waals surface area contributed by atoms with Gasteiger partial charge in [0.1, 0.15) is 17.7 Å². The van der Waals surface area contributed by atoms with Crippen LogP contribution in [-0.4, -0.2) is 6.54 Å². The van der Waals surface area contributed by atoms with E-state index in [0.717, 1.165) is 21.3 Å². The van der Waals surface area contributed by atoms with Crippen molar-refractivity contribution in [2.24, 2.45) is 5.73 Å². The molecule has 21 heavy (non-hydrogen) atoms. The summed E-state index contributed by atoms with van der Waals surface area (Å²) in [5.41, 5.74) is 7.64. The van der Waals surface area contributed by atoms with Gasteiger partial charge in [-0.15, -0.1) is 0 Å². The highest BCUT2D eigenvalue weighted by molar-refractivity contribution is 9.10. The van der Waals surface area contributed by atoms with E-state index in [1.807, 2.05) is 24.3 Å². The Morgan fingerprint density at radius 1 is 1.19 bits per heavy atom. The lowest BCUT2D eigenvalue weighted by atomic mass is 10.0. The maximum Gasteiger partial charge on any atom is 0.136 e. The number of halogens is 2. The summed E-state index contributed by atoms with van der Waals surface area (Å²) in [6, 6.07) is 12.3. The fourth-order valence-electron chi connectivity index (χ4n) is 2.19. The lowest BCUT2D eigenvalue weighted by Gasteiger charge is -2.21. The molecule has 1 atom stereocenters. The molecule has 0 spiro atoms. The van der Waals surface area contributed by atoms with Gasteiger partial charge >= 0.3 is 0 Å². The standard InChI is InChI=1S/C17H19BrFNO/c1-11(2)15-9-13(18)6-7-16(15)21-17(10-20)12-4-3-5-14(19)8-12/h3-9,11,17H,10,20H2,1-2H3. The van der Waals surface area contributed by atoms with E-state index in [2.05, 4.69) is 29.8 Å². The van der Waals surface area contributed by atoms with Gasteiger partial charge in [-0.2, -0.15) is 0 Å². The van der Waals surface area contributed by atoms with E-state index in [1.54, 1.807) is 6.07 Å². The first-order valence-corrected chi connectivity index (χ1v) is 7.72. The van der Waals surface area contributed by atoms with E-state index in [9.17, 15) is 4.39 Å². The van der Waals surface area contributed by atoms with Gasteiger partial charge in [0.2, 0.25) is 0 Å². The Labute approximate surface area is 133 Å². The number of nitrogens with two attached hydrogens (primary N) is 1. The van der Waals surface area contributed by atoms with E-state index >= 15 is 0 Å². The second kappa shape index (κ2) is 7.05. The van der Waals surface area contributed by atoms with Crippen molar-refractivity contribution in [3.05, 3.63) is 63.9 Å². The average Bonchev–Trinajstić information content (AvgIpc) is 2.45. The molecule has 1 unspecified atom stereocenters. The SMILES string of the molecule is CC(C)c1cc(Br)ccc1OC(CN)c1cccc(F)c1. The monoisotopic (exact) mass is 351 g/mol. The molecule has 0 aliphatic heterocycles. The van der Waals surface area contributed by atoms with Gasteiger partial charge in [0.15, 0.2) is 0 Å². The van der Waals surface area contributed by atoms with Crippen molar-refractivity contribution >= 4 is 15.9 Å². The van der Waals surface area contributed by atoms with Crippen LogP contribution in [0, 0.1) is 5.82 Å². The molecule has 0 aromatic heterocycles. The molecule has 2 aromatic rings. The van der Waals surface area contributed by atoms with E-state index in [0.29, 0.717) is 5.92 Å². The minimum atomic E-state index is -0.362. The molecule has 0 amide bonds. The van der Waals surface area contributed by atoms with Crippen LogP contribution < -0.4 is 10.5 Å². The van der Waals surface area contributed by atoms with Crippen LogP contribution in [0.4, 0.5) is 4.39 Å².